The molecule has 0 aromatic heterocycles. The van der Waals surface area contributed by atoms with Crippen LogP contribution in [0.15, 0.2) is 78.9 Å². The third kappa shape index (κ3) is 4.61. The number of aliphatic hydroxyl groups is 1. The van der Waals surface area contributed by atoms with Crippen molar-refractivity contribution in [1.29, 1.82) is 0 Å². The second-order valence-corrected chi connectivity index (χ2v) is 9.02. The predicted molar refractivity (Wildman–Crippen MR) is 126 cm³/mol. The highest BCUT2D eigenvalue weighted by molar-refractivity contribution is 5.79. The summed E-state index contributed by atoms with van der Waals surface area (Å²) in [4.78, 5) is 15.3. The number of rotatable bonds is 6. The zero-order chi connectivity index (χ0) is 22.7. The van der Waals surface area contributed by atoms with E-state index >= 15 is 0 Å². The largest absolute Gasteiger partial charge is 0.393 e. The summed E-state index contributed by atoms with van der Waals surface area (Å²) in [6.07, 6.45) is 1.34. The molecular formula is C28H30FNO2. The van der Waals surface area contributed by atoms with Gasteiger partial charge in [0.25, 0.3) is 0 Å². The SMILES string of the molecule is C[C@@H](O)C[C@]1(c2ccccc2)CCN([C@@H](C)c2ccc(-c3ccc(F)cc3)cc2)C(=O)C1. The van der Waals surface area contributed by atoms with E-state index in [0.717, 1.165) is 28.7 Å². The van der Waals surface area contributed by atoms with Crippen LogP contribution in [0.25, 0.3) is 11.1 Å². The van der Waals surface area contributed by atoms with Crippen molar-refractivity contribution in [2.24, 2.45) is 0 Å². The maximum atomic E-state index is 13.3. The molecule has 1 aliphatic heterocycles. The van der Waals surface area contributed by atoms with Crippen LogP contribution in [0.5, 0.6) is 0 Å². The summed E-state index contributed by atoms with van der Waals surface area (Å²) in [6.45, 7) is 4.52. The normalized spacial score (nSPS) is 20.8. The molecule has 166 valence electrons. The van der Waals surface area contributed by atoms with Crippen molar-refractivity contribution in [2.45, 2.75) is 50.7 Å². The number of hydrogen-bond donors (Lipinski definition) is 1. The summed E-state index contributed by atoms with van der Waals surface area (Å²) < 4.78 is 13.2. The topological polar surface area (TPSA) is 40.5 Å². The number of hydrogen-bond acceptors (Lipinski definition) is 2. The molecule has 1 aliphatic rings. The lowest BCUT2D eigenvalue weighted by Gasteiger charge is -2.44. The van der Waals surface area contributed by atoms with Crippen molar-refractivity contribution in [3.63, 3.8) is 0 Å². The molecule has 0 bridgehead atoms. The highest BCUT2D eigenvalue weighted by Crippen LogP contribution is 2.42. The molecule has 0 aliphatic carbocycles. The van der Waals surface area contributed by atoms with Crippen molar-refractivity contribution in [3.05, 3.63) is 95.8 Å². The van der Waals surface area contributed by atoms with E-state index in [2.05, 4.69) is 19.1 Å². The molecular weight excluding hydrogens is 401 g/mol. The minimum atomic E-state index is -0.467. The Hall–Kier alpha value is -2.98. The number of halogens is 1. The molecule has 0 saturated carbocycles. The van der Waals surface area contributed by atoms with Crippen LogP contribution in [0.4, 0.5) is 4.39 Å². The molecule has 4 heteroatoms. The molecule has 3 aromatic rings. The van der Waals surface area contributed by atoms with E-state index in [1.165, 1.54) is 12.1 Å². The molecule has 1 amide bonds. The van der Waals surface area contributed by atoms with Crippen LogP contribution in [-0.4, -0.2) is 28.6 Å². The number of piperidine rings is 1. The third-order valence-electron chi connectivity index (χ3n) is 6.75. The van der Waals surface area contributed by atoms with Gasteiger partial charge in [-0.05, 0) is 61.1 Å². The van der Waals surface area contributed by atoms with Gasteiger partial charge in [-0.25, -0.2) is 4.39 Å². The van der Waals surface area contributed by atoms with E-state index in [9.17, 15) is 14.3 Å². The molecule has 1 N–H and O–H groups in total. The number of carbonyl (C=O) groups is 1. The Labute approximate surface area is 189 Å². The van der Waals surface area contributed by atoms with Crippen LogP contribution >= 0.6 is 0 Å². The molecule has 0 unspecified atom stereocenters. The van der Waals surface area contributed by atoms with Crippen LogP contribution in [0, 0.1) is 5.82 Å². The van der Waals surface area contributed by atoms with Gasteiger partial charge in [-0.1, -0.05) is 66.7 Å². The van der Waals surface area contributed by atoms with Crippen molar-refractivity contribution in [3.8, 4) is 11.1 Å². The summed E-state index contributed by atoms with van der Waals surface area (Å²) in [5.41, 5.74) is 3.86. The fourth-order valence-corrected chi connectivity index (χ4v) is 5.02. The van der Waals surface area contributed by atoms with Gasteiger partial charge in [-0.2, -0.15) is 0 Å². The van der Waals surface area contributed by atoms with E-state index < -0.39 is 6.10 Å². The van der Waals surface area contributed by atoms with Crippen molar-refractivity contribution in [1.82, 2.24) is 4.90 Å². The zero-order valence-electron chi connectivity index (χ0n) is 18.7. The Kier molecular flexibility index (Phi) is 6.43. The highest BCUT2D eigenvalue weighted by atomic mass is 19.1. The van der Waals surface area contributed by atoms with Crippen LogP contribution in [0.2, 0.25) is 0 Å². The number of amides is 1. The van der Waals surface area contributed by atoms with E-state index in [1.807, 2.05) is 47.4 Å². The fourth-order valence-electron chi connectivity index (χ4n) is 5.02. The highest BCUT2D eigenvalue weighted by Gasteiger charge is 2.42. The van der Waals surface area contributed by atoms with Crippen LogP contribution < -0.4 is 0 Å². The molecule has 32 heavy (non-hydrogen) atoms. The smallest absolute Gasteiger partial charge is 0.223 e. The average molecular weight is 432 g/mol. The fraction of sp³-hybridized carbons (Fsp3) is 0.321. The van der Waals surface area contributed by atoms with Crippen molar-refractivity contribution in [2.75, 3.05) is 6.54 Å². The van der Waals surface area contributed by atoms with Crippen LogP contribution in [0.3, 0.4) is 0 Å². The van der Waals surface area contributed by atoms with Gasteiger partial charge in [0.05, 0.1) is 12.1 Å². The Morgan fingerprint density at radius 2 is 1.53 bits per heavy atom. The molecule has 0 spiro atoms. The molecule has 0 radical (unpaired) electrons. The van der Waals surface area contributed by atoms with E-state index in [4.69, 9.17) is 0 Å². The quantitative estimate of drug-likeness (QED) is 0.529. The summed E-state index contributed by atoms with van der Waals surface area (Å²) in [6, 6.07) is 24.7. The predicted octanol–water partition coefficient (Wildman–Crippen LogP) is 5.89. The monoisotopic (exact) mass is 431 g/mol. The van der Waals surface area contributed by atoms with Gasteiger partial charge >= 0.3 is 0 Å². The first-order valence-corrected chi connectivity index (χ1v) is 11.3. The maximum absolute atomic E-state index is 13.3. The molecule has 3 nitrogen and oxygen atoms in total. The number of likely N-dealkylation sites (tertiary alicyclic amines) is 1. The van der Waals surface area contributed by atoms with Gasteiger partial charge in [0.15, 0.2) is 0 Å². The maximum Gasteiger partial charge on any atom is 0.223 e. The minimum Gasteiger partial charge on any atom is -0.393 e. The standard InChI is InChI=1S/C28H30FNO2/c1-20(31)18-28(25-6-4-3-5-7-25)16-17-30(27(32)19-28)21(2)22-8-10-23(11-9-22)24-12-14-26(29)15-13-24/h3-15,20-21,31H,16-19H2,1-2H3/t20-,21+,28-/m1/s1. The summed E-state index contributed by atoms with van der Waals surface area (Å²) in [5, 5.41) is 10.2. The molecule has 3 atom stereocenters. The zero-order valence-corrected chi connectivity index (χ0v) is 18.7. The van der Waals surface area contributed by atoms with E-state index in [-0.39, 0.29) is 23.2 Å². The third-order valence-corrected chi connectivity index (χ3v) is 6.75. The number of aliphatic hydroxyl groups excluding tert-OH is 1. The number of nitrogens with zero attached hydrogens (tertiary/aromatic N) is 1. The van der Waals surface area contributed by atoms with Gasteiger partial charge in [-0.3, -0.25) is 4.79 Å². The van der Waals surface area contributed by atoms with Gasteiger partial charge < -0.3 is 10.0 Å². The van der Waals surface area contributed by atoms with Gasteiger partial charge in [0.2, 0.25) is 5.91 Å². The Bertz CT molecular complexity index is 1050. The van der Waals surface area contributed by atoms with Crippen molar-refractivity contribution >= 4 is 5.91 Å². The first-order valence-electron chi connectivity index (χ1n) is 11.3. The first kappa shape index (κ1) is 22.2. The molecule has 1 fully saturated rings. The lowest BCUT2D eigenvalue weighted by molar-refractivity contribution is -0.138. The lowest BCUT2D eigenvalue weighted by atomic mass is 9.69. The second-order valence-electron chi connectivity index (χ2n) is 9.02. The van der Waals surface area contributed by atoms with E-state index in [0.29, 0.717) is 19.4 Å². The summed E-state index contributed by atoms with van der Waals surface area (Å²) in [5.74, 6) is -0.124. The number of carbonyl (C=O) groups excluding carboxylic acids is 1. The second kappa shape index (κ2) is 9.25. The Morgan fingerprint density at radius 1 is 0.938 bits per heavy atom. The lowest BCUT2D eigenvalue weighted by Crippen LogP contribution is -2.48. The molecule has 4 rings (SSSR count). The first-order chi connectivity index (χ1) is 15.4. The van der Waals surface area contributed by atoms with E-state index in [1.54, 1.807) is 19.1 Å². The van der Waals surface area contributed by atoms with Crippen LogP contribution in [0.1, 0.15) is 50.3 Å². The Balaban J connectivity index is 1.51. The van der Waals surface area contributed by atoms with Crippen LogP contribution in [-0.2, 0) is 10.2 Å². The molecule has 3 aromatic carbocycles. The summed E-state index contributed by atoms with van der Waals surface area (Å²) in [7, 11) is 0. The van der Waals surface area contributed by atoms with Gasteiger partial charge in [0, 0.05) is 18.4 Å². The Morgan fingerprint density at radius 3 is 2.09 bits per heavy atom. The van der Waals surface area contributed by atoms with Crippen molar-refractivity contribution < 1.29 is 14.3 Å². The van der Waals surface area contributed by atoms with Gasteiger partial charge in [-0.15, -0.1) is 0 Å². The molecule has 1 saturated heterocycles. The van der Waals surface area contributed by atoms with Gasteiger partial charge in [0.1, 0.15) is 5.82 Å². The summed E-state index contributed by atoms with van der Waals surface area (Å²) >= 11 is 0. The number of benzene rings is 3. The molecule has 1 heterocycles. The average Bonchev–Trinajstić information content (AvgIpc) is 2.79. The minimum absolute atomic E-state index is 0.0370.